The maximum absolute atomic E-state index is 11.9. The number of aromatic nitrogens is 2. The maximum Gasteiger partial charge on any atom is 0.341 e. The van der Waals surface area contributed by atoms with Crippen LogP contribution in [0.1, 0.15) is 21.6 Å². The summed E-state index contributed by atoms with van der Waals surface area (Å²) in [5.41, 5.74) is 0.966. The molecule has 0 saturated carbocycles. The molecule has 5 nitrogen and oxygen atoms in total. The highest BCUT2D eigenvalue weighted by Crippen LogP contribution is 2.04. The first-order valence-electron chi connectivity index (χ1n) is 5.43. The number of aromatic carboxylic acids is 1. The zero-order valence-corrected chi connectivity index (χ0v) is 9.83. The number of hydrogen-bond donors (Lipinski definition) is 1. The van der Waals surface area contributed by atoms with Crippen molar-refractivity contribution >= 4 is 5.97 Å². The fourth-order valence-corrected chi connectivity index (χ4v) is 1.67. The Balaban J connectivity index is 2.42. The summed E-state index contributed by atoms with van der Waals surface area (Å²) in [6.07, 6.45) is 3.21. The summed E-state index contributed by atoms with van der Waals surface area (Å²) in [5, 5.41) is 8.88. The Morgan fingerprint density at radius 1 is 1.39 bits per heavy atom. The van der Waals surface area contributed by atoms with Gasteiger partial charge in [0.1, 0.15) is 5.56 Å². The van der Waals surface area contributed by atoms with E-state index in [0.29, 0.717) is 0 Å². The van der Waals surface area contributed by atoms with Crippen LogP contribution in [0.5, 0.6) is 0 Å². The van der Waals surface area contributed by atoms with Crippen LogP contribution in [-0.4, -0.2) is 20.6 Å². The fraction of sp³-hybridized carbons (Fsp3) is 0.154. The molecule has 2 heterocycles. The molecule has 0 atom stereocenters. The molecule has 0 aromatic carbocycles. The van der Waals surface area contributed by atoms with Gasteiger partial charge in [-0.1, -0.05) is 6.07 Å². The van der Waals surface area contributed by atoms with Crippen LogP contribution in [0.2, 0.25) is 0 Å². The van der Waals surface area contributed by atoms with Crippen molar-refractivity contribution in [2.75, 3.05) is 0 Å². The molecule has 2 rings (SSSR count). The van der Waals surface area contributed by atoms with E-state index in [1.54, 1.807) is 18.5 Å². The fourth-order valence-electron chi connectivity index (χ4n) is 1.67. The lowest BCUT2D eigenvalue weighted by molar-refractivity contribution is 0.0694. The zero-order valence-electron chi connectivity index (χ0n) is 9.83. The quantitative estimate of drug-likeness (QED) is 0.883. The number of carboxylic acid groups (broad SMARTS) is 1. The number of rotatable bonds is 3. The Bertz CT molecular complexity index is 647. The minimum Gasteiger partial charge on any atom is -0.477 e. The zero-order chi connectivity index (χ0) is 13.1. The van der Waals surface area contributed by atoms with Crippen LogP contribution < -0.4 is 5.56 Å². The normalized spacial score (nSPS) is 10.3. The van der Waals surface area contributed by atoms with Crippen molar-refractivity contribution < 1.29 is 9.90 Å². The van der Waals surface area contributed by atoms with Gasteiger partial charge in [0, 0.05) is 12.4 Å². The Morgan fingerprint density at radius 2 is 2.17 bits per heavy atom. The predicted octanol–water partition coefficient (Wildman–Crippen LogP) is 1.30. The Hall–Kier alpha value is -2.43. The third kappa shape index (κ3) is 2.29. The van der Waals surface area contributed by atoms with Crippen LogP contribution in [0.3, 0.4) is 0 Å². The number of hydrogen-bond acceptors (Lipinski definition) is 3. The molecule has 0 aliphatic rings. The summed E-state index contributed by atoms with van der Waals surface area (Å²) >= 11 is 0. The minimum atomic E-state index is -1.22. The van der Waals surface area contributed by atoms with Crippen molar-refractivity contribution in [2.24, 2.45) is 0 Å². The second-order valence-electron chi connectivity index (χ2n) is 3.93. The lowest BCUT2D eigenvalue weighted by Crippen LogP contribution is -2.26. The van der Waals surface area contributed by atoms with Gasteiger partial charge in [0.2, 0.25) is 0 Å². The monoisotopic (exact) mass is 244 g/mol. The van der Waals surface area contributed by atoms with E-state index in [1.165, 1.54) is 10.6 Å². The predicted molar refractivity (Wildman–Crippen MR) is 65.7 cm³/mol. The van der Waals surface area contributed by atoms with E-state index in [9.17, 15) is 9.59 Å². The Kier molecular flexibility index (Phi) is 3.23. The summed E-state index contributed by atoms with van der Waals surface area (Å²) < 4.78 is 1.35. The summed E-state index contributed by atoms with van der Waals surface area (Å²) in [6, 6.07) is 6.55. The molecule has 1 N–H and O–H groups in total. The van der Waals surface area contributed by atoms with Gasteiger partial charge in [0.05, 0.1) is 12.2 Å². The van der Waals surface area contributed by atoms with Crippen LogP contribution in [0, 0.1) is 6.92 Å². The first-order chi connectivity index (χ1) is 8.59. The van der Waals surface area contributed by atoms with Gasteiger partial charge < -0.3 is 9.67 Å². The molecule has 2 aromatic rings. The molecular formula is C13H12N2O3. The van der Waals surface area contributed by atoms with Crippen LogP contribution in [0.4, 0.5) is 0 Å². The molecule has 0 amide bonds. The summed E-state index contributed by atoms with van der Waals surface area (Å²) in [4.78, 5) is 26.9. The first kappa shape index (κ1) is 12.0. The summed E-state index contributed by atoms with van der Waals surface area (Å²) in [7, 11) is 0. The highest BCUT2D eigenvalue weighted by atomic mass is 16.4. The van der Waals surface area contributed by atoms with Crippen molar-refractivity contribution in [3.63, 3.8) is 0 Å². The topological polar surface area (TPSA) is 72.2 Å². The Morgan fingerprint density at radius 3 is 2.83 bits per heavy atom. The molecule has 2 aromatic heterocycles. The molecule has 0 spiro atoms. The molecule has 0 unspecified atom stereocenters. The van der Waals surface area contributed by atoms with Crippen molar-refractivity contribution in [1.82, 2.24) is 9.55 Å². The van der Waals surface area contributed by atoms with Crippen LogP contribution in [-0.2, 0) is 6.54 Å². The van der Waals surface area contributed by atoms with Gasteiger partial charge in [0.25, 0.3) is 5.56 Å². The van der Waals surface area contributed by atoms with Gasteiger partial charge in [-0.15, -0.1) is 0 Å². The van der Waals surface area contributed by atoms with E-state index in [1.807, 2.05) is 19.1 Å². The van der Waals surface area contributed by atoms with E-state index >= 15 is 0 Å². The third-order valence-corrected chi connectivity index (χ3v) is 2.69. The lowest BCUT2D eigenvalue weighted by Gasteiger charge is -2.07. The van der Waals surface area contributed by atoms with Gasteiger partial charge in [-0.3, -0.25) is 9.78 Å². The van der Waals surface area contributed by atoms with Crippen molar-refractivity contribution in [1.29, 1.82) is 0 Å². The van der Waals surface area contributed by atoms with Gasteiger partial charge in [-0.05, 0) is 30.7 Å². The standard InChI is InChI=1S/C13H12N2O3/c1-9-4-2-6-14-11(9)8-15-7-3-5-10(12(15)16)13(17)18/h2-7H,8H2,1H3,(H,17,18). The molecule has 18 heavy (non-hydrogen) atoms. The number of aryl methyl sites for hydroxylation is 1. The largest absolute Gasteiger partial charge is 0.477 e. The smallest absolute Gasteiger partial charge is 0.341 e. The van der Waals surface area contributed by atoms with Crippen LogP contribution in [0.15, 0.2) is 41.5 Å². The maximum atomic E-state index is 11.9. The van der Waals surface area contributed by atoms with Gasteiger partial charge in [-0.2, -0.15) is 0 Å². The number of pyridine rings is 2. The van der Waals surface area contributed by atoms with Crippen molar-refractivity contribution in [2.45, 2.75) is 13.5 Å². The van der Waals surface area contributed by atoms with Crippen LogP contribution >= 0.6 is 0 Å². The second-order valence-corrected chi connectivity index (χ2v) is 3.93. The third-order valence-electron chi connectivity index (χ3n) is 2.69. The molecule has 0 fully saturated rings. The first-order valence-corrected chi connectivity index (χ1v) is 5.43. The number of nitrogens with zero attached hydrogens (tertiary/aromatic N) is 2. The van der Waals surface area contributed by atoms with Gasteiger partial charge in [-0.25, -0.2) is 4.79 Å². The average molecular weight is 244 g/mol. The molecule has 0 aliphatic heterocycles. The van der Waals surface area contributed by atoms with Gasteiger partial charge in [0.15, 0.2) is 0 Å². The van der Waals surface area contributed by atoms with E-state index in [4.69, 9.17) is 5.11 Å². The minimum absolute atomic E-state index is 0.230. The van der Waals surface area contributed by atoms with E-state index < -0.39 is 11.5 Å². The highest BCUT2D eigenvalue weighted by Gasteiger charge is 2.10. The summed E-state index contributed by atoms with van der Waals surface area (Å²) in [5.74, 6) is -1.22. The van der Waals surface area contributed by atoms with E-state index in [-0.39, 0.29) is 12.1 Å². The summed E-state index contributed by atoms with van der Waals surface area (Å²) in [6.45, 7) is 2.17. The van der Waals surface area contributed by atoms with E-state index in [2.05, 4.69) is 4.98 Å². The van der Waals surface area contributed by atoms with Crippen molar-refractivity contribution in [3.05, 3.63) is 63.8 Å². The van der Waals surface area contributed by atoms with Crippen molar-refractivity contribution in [3.8, 4) is 0 Å². The molecular weight excluding hydrogens is 232 g/mol. The molecule has 92 valence electrons. The molecule has 5 heteroatoms. The molecule has 0 saturated heterocycles. The number of carbonyl (C=O) groups is 1. The second kappa shape index (κ2) is 4.83. The number of carboxylic acids is 1. The molecule has 0 radical (unpaired) electrons. The Labute approximate surface area is 103 Å². The molecule has 0 bridgehead atoms. The van der Waals surface area contributed by atoms with Crippen LogP contribution in [0.25, 0.3) is 0 Å². The highest BCUT2D eigenvalue weighted by molar-refractivity contribution is 5.86. The van der Waals surface area contributed by atoms with Gasteiger partial charge >= 0.3 is 5.97 Å². The lowest BCUT2D eigenvalue weighted by atomic mass is 10.2. The molecule has 0 aliphatic carbocycles. The SMILES string of the molecule is Cc1cccnc1Cn1cccc(C(=O)O)c1=O. The average Bonchev–Trinajstić information content (AvgIpc) is 2.34. The van der Waals surface area contributed by atoms with E-state index in [0.717, 1.165) is 11.3 Å².